The van der Waals surface area contributed by atoms with E-state index >= 15 is 0 Å². The molecule has 1 nitrogen and oxygen atoms in total. The number of hydrogen-bond donors (Lipinski definition) is 0. The molecule has 0 heterocycles. The third kappa shape index (κ3) is 3.32. The van der Waals surface area contributed by atoms with Gasteiger partial charge in [0.2, 0.25) is 0 Å². The van der Waals surface area contributed by atoms with E-state index in [1.54, 1.807) is 6.07 Å². The first-order chi connectivity index (χ1) is 9.29. The maximum absolute atomic E-state index is 12.4. The van der Waals surface area contributed by atoms with Crippen molar-refractivity contribution in [3.63, 3.8) is 0 Å². The molecule has 0 bridgehead atoms. The molecule has 0 amide bonds. The van der Waals surface area contributed by atoms with Crippen LogP contribution in [0.25, 0.3) is 11.1 Å². The molecule has 0 spiro atoms. The summed E-state index contributed by atoms with van der Waals surface area (Å²) < 4.78 is 41.1. The molecule has 2 rings (SSSR count). The maximum Gasteiger partial charge on any atom is 0.573 e. The summed E-state index contributed by atoms with van der Waals surface area (Å²) in [5.41, 5.74) is 0.481. The van der Waals surface area contributed by atoms with E-state index < -0.39 is 6.36 Å². The summed E-state index contributed by atoms with van der Waals surface area (Å²) in [4.78, 5) is 0. The van der Waals surface area contributed by atoms with Gasteiger partial charge in [-0.05, 0) is 12.1 Å². The molecule has 7 heteroatoms. The van der Waals surface area contributed by atoms with Gasteiger partial charge in [0.15, 0.2) is 0 Å². The molecule has 0 aliphatic carbocycles. The van der Waals surface area contributed by atoms with Gasteiger partial charge in [-0.3, -0.25) is 0 Å². The van der Waals surface area contributed by atoms with Crippen molar-refractivity contribution in [3.05, 3.63) is 51.5 Å². The number of ether oxygens (including phenoxy) is 1. The summed E-state index contributed by atoms with van der Waals surface area (Å²) in [5.74, 6) is -0.361. The molecule has 2 aromatic rings. The summed E-state index contributed by atoms with van der Waals surface area (Å²) in [6.45, 7) is 0. The highest BCUT2D eigenvalue weighted by Crippen LogP contribution is 2.42. The van der Waals surface area contributed by atoms with Gasteiger partial charge < -0.3 is 4.74 Å². The molecule has 0 atom stereocenters. The lowest BCUT2D eigenvalue weighted by molar-refractivity contribution is -0.274. The Morgan fingerprint density at radius 1 is 0.800 bits per heavy atom. The van der Waals surface area contributed by atoms with Crippen molar-refractivity contribution in [1.29, 1.82) is 0 Å². The van der Waals surface area contributed by atoms with Gasteiger partial charge in [-0.25, -0.2) is 0 Å². The molecular formula is C13H6Cl3F3O. The summed E-state index contributed by atoms with van der Waals surface area (Å²) in [6, 6.07) is 8.58. The number of benzene rings is 2. The van der Waals surface area contributed by atoms with Crippen LogP contribution in [0.3, 0.4) is 0 Å². The predicted molar refractivity (Wildman–Crippen MR) is 73.6 cm³/mol. The molecule has 106 valence electrons. The van der Waals surface area contributed by atoms with E-state index in [0.29, 0.717) is 5.56 Å². The zero-order chi connectivity index (χ0) is 14.9. The molecule has 20 heavy (non-hydrogen) atoms. The van der Waals surface area contributed by atoms with Crippen LogP contribution in [0.1, 0.15) is 0 Å². The molecule has 0 aliphatic heterocycles. The van der Waals surface area contributed by atoms with Crippen LogP contribution in [0.15, 0.2) is 36.4 Å². The maximum atomic E-state index is 12.4. The van der Waals surface area contributed by atoms with Crippen LogP contribution in [0.5, 0.6) is 5.75 Å². The van der Waals surface area contributed by atoms with Crippen LogP contribution in [0, 0.1) is 0 Å². The van der Waals surface area contributed by atoms with Crippen molar-refractivity contribution >= 4 is 34.8 Å². The second kappa shape index (κ2) is 5.72. The van der Waals surface area contributed by atoms with Crippen molar-refractivity contribution in [2.24, 2.45) is 0 Å². The fraction of sp³-hybridized carbons (Fsp3) is 0.0769. The standard InChI is InChI=1S/C13H6Cl3F3O/c14-9-6-5-8(11(15)12(9)16)7-3-1-2-4-10(7)20-13(17,18)19/h1-6H. The number of para-hydroxylation sites is 1. The molecule has 2 aromatic carbocycles. The fourth-order valence-electron chi connectivity index (χ4n) is 1.64. The van der Waals surface area contributed by atoms with Crippen LogP contribution in [-0.2, 0) is 0 Å². The average molecular weight is 342 g/mol. The van der Waals surface area contributed by atoms with E-state index in [9.17, 15) is 13.2 Å². The van der Waals surface area contributed by atoms with Crippen LogP contribution in [0.2, 0.25) is 15.1 Å². The highest BCUT2D eigenvalue weighted by atomic mass is 35.5. The van der Waals surface area contributed by atoms with Gasteiger partial charge in [-0.15, -0.1) is 13.2 Å². The minimum atomic E-state index is -4.79. The van der Waals surface area contributed by atoms with Crippen LogP contribution >= 0.6 is 34.8 Å². The number of alkyl halides is 3. The number of rotatable bonds is 2. The third-order valence-electron chi connectivity index (χ3n) is 2.44. The molecule has 0 saturated heterocycles. The molecule has 0 N–H and O–H groups in total. The summed E-state index contributed by atoms with van der Waals surface area (Å²) >= 11 is 17.7. The molecule has 0 aliphatic rings. The predicted octanol–water partition coefficient (Wildman–Crippen LogP) is 6.21. The summed E-state index contributed by atoms with van der Waals surface area (Å²) in [7, 11) is 0. The van der Waals surface area contributed by atoms with E-state index in [0.717, 1.165) is 0 Å². The molecular weight excluding hydrogens is 335 g/mol. The smallest absolute Gasteiger partial charge is 0.405 e. The van der Waals surface area contributed by atoms with E-state index in [1.165, 1.54) is 30.3 Å². The quantitative estimate of drug-likeness (QED) is 0.590. The second-order valence-corrected chi connectivity index (χ2v) is 4.93. The molecule has 0 unspecified atom stereocenters. The largest absolute Gasteiger partial charge is 0.573 e. The van der Waals surface area contributed by atoms with Gasteiger partial charge >= 0.3 is 6.36 Å². The Balaban J connectivity index is 2.56. The average Bonchev–Trinajstić information content (AvgIpc) is 2.36. The van der Waals surface area contributed by atoms with Crippen molar-refractivity contribution in [3.8, 4) is 16.9 Å². The van der Waals surface area contributed by atoms with Gasteiger partial charge in [0.1, 0.15) is 5.75 Å². The first-order valence-corrected chi connectivity index (χ1v) is 6.41. The Bertz CT molecular complexity index is 641. The minimum absolute atomic E-state index is 0.0670. The van der Waals surface area contributed by atoms with Gasteiger partial charge in [-0.1, -0.05) is 59.1 Å². The highest BCUT2D eigenvalue weighted by molar-refractivity contribution is 6.49. The van der Waals surface area contributed by atoms with E-state index in [4.69, 9.17) is 34.8 Å². The zero-order valence-electron chi connectivity index (χ0n) is 9.64. The minimum Gasteiger partial charge on any atom is -0.405 e. The van der Waals surface area contributed by atoms with Crippen molar-refractivity contribution in [2.75, 3.05) is 0 Å². The van der Waals surface area contributed by atoms with Crippen molar-refractivity contribution in [2.45, 2.75) is 6.36 Å². The summed E-state index contributed by atoms with van der Waals surface area (Å²) in [6.07, 6.45) is -4.79. The van der Waals surface area contributed by atoms with E-state index in [2.05, 4.69) is 4.74 Å². The first kappa shape index (κ1) is 15.3. The highest BCUT2D eigenvalue weighted by Gasteiger charge is 2.32. The van der Waals surface area contributed by atoms with Gasteiger partial charge in [0.05, 0.1) is 15.1 Å². The third-order valence-corrected chi connectivity index (χ3v) is 3.73. The van der Waals surface area contributed by atoms with Gasteiger partial charge in [0.25, 0.3) is 0 Å². The van der Waals surface area contributed by atoms with Crippen molar-refractivity contribution < 1.29 is 17.9 Å². The molecule has 0 fully saturated rings. The molecule has 0 radical (unpaired) electrons. The van der Waals surface area contributed by atoms with Crippen LogP contribution in [0.4, 0.5) is 13.2 Å². The van der Waals surface area contributed by atoms with Gasteiger partial charge in [0, 0.05) is 11.1 Å². The normalized spacial score (nSPS) is 11.5. The topological polar surface area (TPSA) is 9.23 Å². The lowest BCUT2D eigenvalue weighted by atomic mass is 10.0. The monoisotopic (exact) mass is 340 g/mol. The Labute approximate surface area is 127 Å². The molecule has 0 aromatic heterocycles. The van der Waals surface area contributed by atoms with Crippen molar-refractivity contribution in [1.82, 2.24) is 0 Å². The lowest BCUT2D eigenvalue weighted by Crippen LogP contribution is -2.17. The second-order valence-electron chi connectivity index (χ2n) is 3.77. The van der Waals surface area contributed by atoms with Crippen LogP contribution in [-0.4, -0.2) is 6.36 Å². The number of halogens is 6. The van der Waals surface area contributed by atoms with Crippen LogP contribution < -0.4 is 4.74 Å². The Hall–Kier alpha value is -1.10. The Morgan fingerprint density at radius 3 is 2.10 bits per heavy atom. The molecule has 0 saturated carbocycles. The SMILES string of the molecule is FC(F)(F)Oc1ccccc1-c1ccc(Cl)c(Cl)c1Cl. The number of hydrogen-bond acceptors (Lipinski definition) is 1. The fourth-order valence-corrected chi connectivity index (χ4v) is 2.27. The first-order valence-electron chi connectivity index (χ1n) is 5.28. The Kier molecular flexibility index (Phi) is 4.37. The Morgan fingerprint density at radius 2 is 1.45 bits per heavy atom. The lowest BCUT2D eigenvalue weighted by Gasteiger charge is -2.14. The summed E-state index contributed by atoms with van der Waals surface area (Å²) in [5, 5.41) is 0.361. The van der Waals surface area contributed by atoms with Gasteiger partial charge in [-0.2, -0.15) is 0 Å². The van der Waals surface area contributed by atoms with E-state index in [-0.39, 0.29) is 26.4 Å². The zero-order valence-corrected chi connectivity index (χ0v) is 11.9. The van der Waals surface area contributed by atoms with E-state index in [1.807, 2.05) is 0 Å².